The Kier molecular flexibility index (Phi) is 4.98. The Balaban J connectivity index is 2.33. The summed E-state index contributed by atoms with van der Waals surface area (Å²) in [5, 5.41) is 21.0. The fraction of sp³-hybridized carbons (Fsp3) is 0.0625. The fourth-order valence-corrected chi connectivity index (χ4v) is 2.10. The van der Waals surface area contributed by atoms with Crippen molar-refractivity contribution in [2.75, 3.05) is 5.32 Å². The van der Waals surface area contributed by atoms with Gasteiger partial charge in [0.05, 0.1) is 12.3 Å². The van der Waals surface area contributed by atoms with E-state index in [1.165, 1.54) is 0 Å². The number of aliphatic hydroxyl groups excluding tert-OH is 1. The van der Waals surface area contributed by atoms with Crippen molar-refractivity contribution >= 4 is 35.5 Å². The number of nitrogens with one attached hydrogen (secondary N) is 1. The highest BCUT2D eigenvalue weighted by Crippen LogP contribution is 2.21. The maximum atomic E-state index is 10.8. The summed E-state index contributed by atoms with van der Waals surface area (Å²) in [6, 6.07) is 12.3. The van der Waals surface area contributed by atoms with E-state index in [0.717, 1.165) is 16.7 Å². The Morgan fingerprint density at radius 1 is 1.14 bits per heavy atom. The van der Waals surface area contributed by atoms with E-state index in [4.69, 9.17) is 16.7 Å². The maximum absolute atomic E-state index is 10.8. The van der Waals surface area contributed by atoms with Crippen LogP contribution in [0.1, 0.15) is 16.7 Å². The molecule has 2 aromatic rings. The van der Waals surface area contributed by atoms with Crippen LogP contribution in [-0.2, 0) is 6.61 Å². The lowest BCUT2D eigenvalue weighted by atomic mass is 10.1. The molecule has 0 radical (unpaired) electrons. The molecule has 2 rings (SSSR count). The minimum absolute atomic E-state index is 0.0914. The first-order chi connectivity index (χ1) is 10.1. The molecule has 0 aliphatic carbocycles. The van der Waals surface area contributed by atoms with Crippen molar-refractivity contribution in [3.8, 4) is 0 Å². The Morgan fingerprint density at radius 2 is 1.86 bits per heavy atom. The topological polar surface area (TPSA) is 69.6 Å². The third-order valence-corrected chi connectivity index (χ3v) is 3.16. The molecule has 3 N–H and O–H groups in total. The van der Waals surface area contributed by atoms with Crippen molar-refractivity contribution in [2.45, 2.75) is 6.61 Å². The van der Waals surface area contributed by atoms with E-state index >= 15 is 0 Å². The average Bonchev–Trinajstić information content (AvgIpc) is 2.46. The summed E-state index contributed by atoms with van der Waals surface area (Å²) >= 11 is 5.95. The molecule has 0 saturated heterocycles. The average molecular weight is 304 g/mol. The standard InChI is InChI=1S/C16H14ClNO3/c17-14-8-7-13(10-19)12(9-14)6-5-11-3-1-2-4-15(11)18-16(20)21/h1-9,18-19H,10H2,(H,20,21). The van der Waals surface area contributed by atoms with Gasteiger partial charge in [-0.1, -0.05) is 48.0 Å². The van der Waals surface area contributed by atoms with Gasteiger partial charge in [0.1, 0.15) is 0 Å². The monoisotopic (exact) mass is 303 g/mol. The lowest BCUT2D eigenvalue weighted by Crippen LogP contribution is -2.08. The molecule has 21 heavy (non-hydrogen) atoms. The number of rotatable bonds is 4. The first-order valence-electron chi connectivity index (χ1n) is 6.26. The van der Waals surface area contributed by atoms with Gasteiger partial charge in [-0.2, -0.15) is 0 Å². The van der Waals surface area contributed by atoms with E-state index in [2.05, 4.69) is 5.32 Å². The Hall–Kier alpha value is -2.30. The minimum atomic E-state index is -1.12. The molecule has 0 bridgehead atoms. The number of benzene rings is 2. The van der Waals surface area contributed by atoms with Crippen LogP contribution in [0.25, 0.3) is 12.2 Å². The molecule has 0 atom stereocenters. The van der Waals surface area contributed by atoms with Crippen molar-refractivity contribution in [1.82, 2.24) is 0 Å². The lowest BCUT2D eigenvalue weighted by molar-refractivity contribution is 0.209. The fourth-order valence-electron chi connectivity index (χ4n) is 1.92. The van der Waals surface area contributed by atoms with Crippen LogP contribution in [0.5, 0.6) is 0 Å². The zero-order valence-corrected chi connectivity index (χ0v) is 11.8. The Bertz CT molecular complexity index is 683. The van der Waals surface area contributed by atoms with E-state index in [1.807, 2.05) is 6.07 Å². The van der Waals surface area contributed by atoms with Gasteiger partial charge in [-0.25, -0.2) is 4.79 Å². The number of para-hydroxylation sites is 1. The van der Waals surface area contributed by atoms with Crippen LogP contribution in [0, 0.1) is 0 Å². The second kappa shape index (κ2) is 6.92. The molecule has 0 aliphatic heterocycles. The molecule has 0 spiro atoms. The van der Waals surface area contributed by atoms with Gasteiger partial charge in [0.25, 0.3) is 0 Å². The summed E-state index contributed by atoms with van der Waals surface area (Å²) in [6.45, 7) is -0.0914. The summed E-state index contributed by atoms with van der Waals surface area (Å²) in [5.41, 5.74) is 2.76. The van der Waals surface area contributed by atoms with E-state index in [-0.39, 0.29) is 6.61 Å². The molecule has 0 aromatic heterocycles. The molecule has 0 aliphatic rings. The van der Waals surface area contributed by atoms with Crippen molar-refractivity contribution in [3.63, 3.8) is 0 Å². The first kappa shape index (κ1) is 15.1. The molecular weight excluding hydrogens is 290 g/mol. The number of carbonyl (C=O) groups is 1. The number of halogens is 1. The number of anilines is 1. The second-order valence-electron chi connectivity index (χ2n) is 4.35. The normalized spacial score (nSPS) is 10.8. The molecule has 1 amide bonds. The summed E-state index contributed by atoms with van der Waals surface area (Å²) in [5.74, 6) is 0. The zero-order valence-electron chi connectivity index (χ0n) is 11.1. The highest BCUT2D eigenvalue weighted by atomic mass is 35.5. The third-order valence-electron chi connectivity index (χ3n) is 2.92. The van der Waals surface area contributed by atoms with Crippen LogP contribution in [0.4, 0.5) is 10.5 Å². The van der Waals surface area contributed by atoms with Crippen LogP contribution in [0.2, 0.25) is 5.02 Å². The maximum Gasteiger partial charge on any atom is 0.409 e. The van der Waals surface area contributed by atoms with Gasteiger partial charge in [-0.05, 0) is 34.9 Å². The van der Waals surface area contributed by atoms with Crippen molar-refractivity contribution in [2.24, 2.45) is 0 Å². The van der Waals surface area contributed by atoms with Crippen LogP contribution in [0.3, 0.4) is 0 Å². The van der Waals surface area contributed by atoms with Crippen LogP contribution in [-0.4, -0.2) is 16.3 Å². The largest absolute Gasteiger partial charge is 0.465 e. The van der Waals surface area contributed by atoms with Crippen LogP contribution < -0.4 is 5.32 Å². The molecular formula is C16H14ClNO3. The van der Waals surface area contributed by atoms with Crippen LogP contribution >= 0.6 is 11.6 Å². The van der Waals surface area contributed by atoms with Crippen molar-refractivity contribution in [3.05, 3.63) is 64.2 Å². The second-order valence-corrected chi connectivity index (χ2v) is 4.79. The molecule has 0 heterocycles. The predicted octanol–water partition coefficient (Wildman–Crippen LogP) is 4.09. The minimum Gasteiger partial charge on any atom is -0.465 e. The van der Waals surface area contributed by atoms with Crippen LogP contribution in [0.15, 0.2) is 42.5 Å². The number of aliphatic hydroxyl groups is 1. The number of amides is 1. The van der Waals surface area contributed by atoms with E-state index in [9.17, 15) is 9.90 Å². The van der Waals surface area contributed by atoms with Gasteiger partial charge in [0.15, 0.2) is 0 Å². The van der Waals surface area contributed by atoms with Crippen molar-refractivity contribution < 1.29 is 15.0 Å². The smallest absolute Gasteiger partial charge is 0.409 e. The zero-order chi connectivity index (χ0) is 15.2. The molecule has 0 saturated carbocycles. The van der Waals surface area contributed by atoms with Gasteiger partial charge in [-0.3, -0.25) is 5.32 Å². The van der Waals surface area contributed by atoms with Crippen molar-refractivity contribution in [1.29, 1.82) is 0 Å². The van der Waals surface area contributed by atoms with Gasteiger partial charge in [0.2, 0.25) is 0 Å². The molecule has 4 nitrogen and oxygen atoms in total. The number of hydrogen-bond donors (Lipinski definition) is 3. The number of hydrogen-bond acceptors (Lipinski definition) is 2. The summed E-state index contributed by atoms with van der Waals surface area (Å²) < 4.78 is 0. The Morgan fingerprint density at radius 3 is 2.57 bits per heavy atom. The van der Waals surface area contributed by atoms with Gasteiger partial charge >= 0.3 is 6.09 Å². The van der Waals surface area contributed by atoms with E-state index in [1.54, 1.807) is 48.6 Å². The summed E-state index contributed by atoms with van der Waals surface area (Å²) in [4.78, 5) is 10.8. The van der Waals surface area contributed by atoms with Gasteiger partial charge < -0.3 is 10.2 Å². The number of carboxylic acid groups (broad SMARTS) is 1. The molecule has 0 unspecified atom stereocenters. The van der Waals surface area contributed by atoms with Gasteiger partial charge in [-0.15, -0.1) is 0 Å². The SMILES string of the molecule is O=C(O)Nc1ccccc1C=Cc1cc(Cl)ccc1CO. The van der Waals surface area contributed by atoms with Gasteiger partial charge in [0, 0.05) is 5.02 Å². The quantitative estimate of drug-likeness (QED) is 0.745. The molecule has 2 aromatic carbocycles. The first-order valence-corrected chi connectivity index (χ1v) is 6.64. The molecule has 0 fully saturated rings. The Labute approximate surface area is 127 Å². The predicted molar refractivity (Wildman–Crippen MR) is 84.4 cm³/mol. The summed E-state index contributed by atoms with van der Waals surface area (Å²) in [6.07, 6.45) is 2.45. The third kappa shape index (κ3) is 4.08. The highest BCUT2D eigenvalue weighted by Gasteiger charge is 2.03. The molecule has 5 heteroatoms. The highest BCUT2D eigenvalue weighted by molar-refractivity contribution is 6.30. The van der Waals surface area contributed by atoms with E-state index < -0.39 is 6.09 Å². The lowest BCUT2D eigenvalue weighted by Gasteiger charge is -2.06. The summed E-state index contributed by atoms with van der Waals surface area (Å²) in [7, 11) is 0. The molecule has 108 valence electrons. The van der Waals surface area contributed by atoms with E-state index in [0.29, 0.717) is 10.7 Å².